The van der Waals surface area contributed by atoms with Gasteiger partial charge in [-0.25, -0.2) is 0 Å². The van der Waals surface area contributed by atoms with E-state index in [-0.39, 0.29) is 60.0 Å². The number of piperidine rings is 1. The van der Waals surface area contributed by atoms with Crippen molar-refractivity contribution in [2.75, 3.05) is 27.9 Å². The summed E-state index contributed by atoms with van der Waals surface area (Å²) in [6.45, 7) is 22.1. The van der Waals surface area contributed by atoms with Gasteiger partial charge in [-0.3, -0.25) is 24.1 Å². The van der Waals surface area contributed by atoms with Crippen LogP contribution >= 0.6 is 0 Å². The first-order valence-electron chi connectivity index (χ1n) is 26.7. The van der Waals surface area contributed by atoms with Crippen LogP contribution < -0.4 is 5.73 Å². The van der Waals surface area contributed by atoms with Crippen molar-refractivity contribution in [3.8, 4) is 0 Å². The summed E-state index contributed by atoms with van der Waals surface area (Å²) < 4.78 is 36.9. The van der Waals surface area contributed by atoms with Crippen molar-refractivity contribution in [3.05, 3.63) is 47.6 Å². The summed E-state index contributed by atoms with van der Waals surface area (Å²) in [4.78, 5) is 58.4. The number of nitrogens with two attached hydrogens (primary N) is 1. The summed E-state index contributed by atoms with van der Waals surface area (Å²) in [7, 11) is 2.56. The minimum absolute atomic E-state index is 0.0168. The largest absolute Gasteiger partial charge is 0.459 e. The lowest BCUT2D eigenvalue weighted by atomic mass is 9.80. The molecular formula is C56H94N2O13Si. The number of hydrogen-bond acceptors (Lipinski definition) is 15. The molecule has 16 atom stereocenters. The second-order valence-corrected chi connectivity index (χ2v) is 28.0. The number of aliphatic hydroxyl groups is 3. The number of nitrogens with zero attached hydrogens (tertiary/aromatic N) is 1. The monoisotopic (exact) mass is 1030 g/mol. The molecule has 0 radical (unpaired) electrons. The Labute approximate surface area is 432 Å². The number of allylic oxidation sites excluding steroid dienone is 6. The van der Waals surface area contributed by atoms with Gasteiger partial charge in [0.2, 0.25) is 11.6 Å². The second-order valence-electron chi connectivity index (χ2n) is 23.3. The normalized spacial score (nSPS) is 39.4. The molecule has 3 fully saturated rings. The summed E-state index contributed by atoms with van der Waals surface area (Å²) in [5.41, 5.74) is 8.32. The van der Waals surface area contributed by atoms with Crippen LogP contribution in [0.4, 0.5) is 0 Å². The molecule has 0 spiro atoms. The number of rotatable bonds is 8. The maximum absolute atomic E-state index is 14.6. The number of Topliss-reactive ketones (excluding diaryl/α,β-unsaturated/α-hetero) is 3. The van der Waals surface area contributed by atoms with Crippen molar-refractivity contribution in [2.24, 2.45) is 35.3 Å². The predicted molar refractivity (Wildman–Crippen MR) is 281 cm³/mol. The molecule has 0 aromatic heterocycles. The first kappa shape index (κ1) is 61.8. The predicted octanol–water partition coefficient (Wildman–Crippen LogP) is 7.69. The Hall–Kier alpha value is -2.74. The Morgan fingerprint density at radius 2 is 1.56 bits per heavy atom. The topological polar surface area (TPSA) is 214 Å². The third-order valence-corrected chi connectivity index (χ3v) is 21.1. The molecule has 2 saturated heterocycles. The molecule has 1 saturated carbocycles. The first-order chi connectivity index (χ1) is 33.7. The van der Waals surface area contributed by atoms with Gasteiger partial charge in [0.05, 0.1) is 24.4 Å². The fourth-order valence-electron chi connectivity index (χ4n) is 10.7. The highest BCUT2D eigenvalue weighted by Gasteiger charge is 2.53. The summed E-state index contributed by atoms with van der Waals surface area (Å²) in [6.07, 6.45) is 10.1. The minimum Gasteiger partial charge on any atom is -0.459 e. The van der Waals surface area contributed by atoms with E-state index in [1.807, 2.05) is 51.2 Å². The lowest BCUT2D eigenvalue weighted by Gasteiger charge is -2.45. The number of carbonyl (C=O) groups excluding carboxylic acids is 4. The zero-order valence-corrected chi connectivity index (χ0v) is 47.3. The van der Waals surface area contributed by atoms with Gasteiger partial charge in [-0.1, -0.05) is 91.3 Å². The van der Waals surface area contributed by atoms with Crippen LogP contribution in [0.3, 0.4) is 0 Å². The fourth-order valence-corrected chi connectivity index (χ4v) is 12.1. The standard InChI is InChI=1S/C56H94N2O13Si/c1-34-20-16-15-17-21-35(2)46(66-10)32-41-25-23-39(6)56(65,70-41)52(62)53(63)58-27-19-18-22-43(58)54(64)69-47(33-44(59)36(3)29-38(5)50(61)51(68-12)49(60)37(4)28-34)42(57)30-40-24-26-45(48(31-40)67-11)71-72(13,14)55(7,8)9/h15-17,20-21,29,34,36-37,39-43,45-48,50-51,53,61,63,65H,18-19,22-28,30-33,57H2,1-14H3/b17-15+,20-16+,35-21+,38-29+/t34-,36-,37-,39-,40+,41+,42-,43+,45?,46+,47+,48-,50-,51+,53?,56-/m1/s1. The fraction of sp³-hybridized carbons (Fsp3) is 0.786. The number of methoxy groups -OCH3 is 3. The van der Waals surface area contributed by atoms with E-state index in [9.17, 15) is 34.5 Å². The first-order valence-corrected chi connectivity index (χ1v) is 29.6. The highest BCUT2D eigenvalue weighted by molar-refractivity contribution is 6.74. The summed E-state index contributed by atoms with van der Waals surface area (Å²) in [6, 6.07) is -1.88. The number of esters is 1. The molecule has 0 aromatic carbocycles. The van der Waals surface area contributed by atoms with Gasteiger partial charge >= 0.3 is 5.97 Å². The molecule has 4 rings (SSSR count). The third kappa shape index (κ3) is 16.1. The van der Waals surface area contributed by atoms with Crippen LogP contribution in [0.25, 0.3) is 0 Å². The van der Waals surface area contributed by atoms with E-state index in [0.717, 1.165) is 18.4 Å². The molecule has 2 unspecified atom stereocenters. The molecule has 410 valence electrons. The molecule has 2 bridgehead atoms. The van der Waals surface area contributed by atoms with Crippen LogP contribution in [0.1, 0.15) is 139 Å². The average molecular weight is 1030 g/mol. The van der Waals surface area contributed by atoms with Gasteiger partial charge < -0.3 is 49.2 Å². The van der Waals surface area contributed by atoms with E-state index in [2.05, 4.69) is 33.9 Å². The van der Waals surface area contributed by atoms with Gasteiger partial charge in [0.15, 0.2) is 20.3 Å². The third-order valence-electron chi connectivity index (χ3n) is 16.6. The van der Waals surface area contributed by atoms with Gasteiger partial charge in [0, 0.05) is 64.5 Å². The van der Waals surface area contributed by atoms with Crippen molar-refractivity contribution in [2.45, 2.75) is 224 Å². The van der Waals surface area contributed by atoms with E-state index < -0.39 is 92.4 Å². The Morgan fingerprint density at radius 3 is 2.19 bits per heavy atom. The Morgan fingerprint density at radius 1 is 0.861 bits per heavy atom. The summed E-state index contributed by atoms with van der Waals surface area (Å²) in [5.74, 6) is -6.41. The van der Waals surface area contributed by atoms with Crippen molar-refractivity contribution >= 4 is 31.6 Å². The van der Waals surface area contributed by atoms with Crippen LogP contribution in [0, 0.1) is 29.6 Å². The van der Waals surface area contributed by atoms with E-state index in [1.54, 1.807) is 41.1 Å². The van der Waals surface area contributed by atoms with Crippen LogP contribution in [-0.4, -0.2) is 147 Å². The Bertz CT molecular complexity index is 1930. The smallest absolute Gasteiger partial charge is 0.323 e. The molecule has 4 aliphatic rings. The van der Waals surface area contributed by atoms with Crippen LogP contribution in [-0.2, 0) is 47.3 Å². The lowest BCUT2D eigenvalue weighted by molar-refractivity contribution is -0.275. The number of carbonyl (C=O) groups is 4. The Kier molecular flexibility index (Phi) is 23.5. The van der Waals surface area contributed by atoms with E-state index in [0.29, 0.717) is 56.9 Å². The van der Waals surface area contributed by atoms with Crippen molar-refractivity contribution in [3.63, 3.8) is 0 Å². The van der Waals surface area contributed by atoms with Crippen LogP contribution in [0.2, 0.25) is 18.1 Å². The highest BCUT2D eigenvalue weighted by Crippen LogP contribution is 2.42. The highest BCUT2D eigenvalue weighted by atomic mass is 28.4. The second kappa shape index (κ2) is 27.3. The summed E-state index contributed by atoms with van der Waals surface area (Å²) >= 11 is 0. The minimum atomic E-state index is -2.35. The van der Waals surface area contributed by atoms with Crippen molar-refractivity contribution in [1.29, 1.82) is 0 Å². The maximum atomic E-state index is 14.6. The van der Waals surface area contributed by atoms with Crippen LogP contribution in [0.15, 0.2) is 47.6 Å². The number of fused-ring (bicyclic) bond motifs is 3. The average Bonchev–Trinajstić information content (AvgIpc) is 3.32. The maximum Gasteiger partial charge on any atom is 0.323 e. The lowest BCUT2D eigenvalue weighted by Crippen LogP contribution is -2.62. The Balaban J connectivity index is 1.70. The van der Waals surface area contributed by atoms with Crippen molar-refractivity contribution < 1.29 is 62.6 Å². The quantitative estimate of drug-likeness (QED) is 0.104. The van der Waals surface area contributed by atoms with Gasteiger partial charge in [0.1, 0.15) is 30.1 Å². The molecule has 0 amide bonds. The van der Waals surface area contributed by atoms with Gasteiger partial charge in [-0.15, -0.1) is 0 Å². The molecule has 5 N–H and O–H groups in total. The molecule has 3 heterocycles. The molecule has 16 heteroatoms. The van der Waals surface area contributed by atoms with Gasteiger partial charge in [-0.05, 0) is 113 Å². The number of hydrogen-bond donors (Lipinski definition) is 4. The van der Waals surface area contributed by atoms with Gasteiger partial charge in [0.25, 0.3) is 0 Å². The number of ether oxygens (including phenoxy) is 5. The van der Waals surface area contributed by atoms with Crippen molar-refractivity contribution in [1.82, 2.24) is 4.90 Å². The molecule has 72 heavy (non-hydrogen) atoms. The molecule has 0 aromatic rings. The van der Waals surface area contributed by atoms with Crippen LogP contribution in [0.5, 0.6) is 0 Å². The summed E-state index contributed by atoms with van der Waals surface area (Å²) in [5, 5.41) is 35.5. The van der Waals surface area contributed by atoms with E-state index in [4.69, 9.17) is 33.8 Å². The molecular weight excluding hydrogens is 937 g/mol. The molecule has 15 nitrogen and oxygen atoms in total. The number of ketones is 3. The van der Waals surface area contributed by atoms with E-state index in [1.165, 1.54) is 12.0 Å². The van der Waals surface area contributed by atoms with Gasteiger partial charge in [-0.2, -0.15) is 0 Å². The molecule has 1 aliphatic carbocycles. The van der Waals surface area contributed by atoms with E-state index >= 15 is 0 Å². The zero-order valence-electron chi connectivity index (χ0n) is 46.3. The number of cyclic esters (lactones) is 1. The number of aliphatic hydroxyl groups excluding tert-OH is 2. The SMILES string of the molecule is CO[C@H]1C[C@@H]2CC[C@@H](C)[C@@](O)(O2)C(=O)C(O)N2CCCC[C@H]2C(=O)O[C@H]([C@H](N)C[C@@H]2CCC(O[Si](C)(C)C(C)(C)C)[C@H](OC)C2)CC(=O)[C@H](C)/C=C(\C)[C@@H](O)[C@@H](OC)C(=O)[C@H](C)C[C@H](C)/C=C/C=C/C=C/1C. The zero-order chi connectivity index (χ0) is 53.9. The molecule has 3 aliphatic heterocycles.